The van der Waals surface area contributed by atoms with Crippen molar-refractivity contribution in [1.29, 1.82) is 0 Å². The van der Waals surface area contributed by atoms with Crippen LogP contribution in [-0.4, -0.2) is 8.32 Å². The minimum atomic E-state index is -1.67. The van der Waals surface area contributed by atoms with Crippen molar-refractivity contribution >= 4 is 24.2 Å². The van der Waals surface area contributed by atoms with Crippen LogP contribution in [0, 0.1) is 0 Å². The Hall–Kier alpha value is -0.383. The molecule has 0 spiro atoms. The van der Waals surface area contributed by atoms with E-state index in [0.717, 1.165) is 10.9 Å². The topological polar surface area (TPSA) is 9.23 Å². The van der Waals surface area contributed by atoms with Crippen LogP contribution in [0.25, 0.3) is 0 Å². The number of hydrogen-bond donors (Lipinski definition) is 0. The van der Waals surface area contributed by atoms with Crippen molar-refractivity contribution in [2.45, 2.75) is 84.0 Å². The molecule has 1 nitrogen and oxygen atoms in total. The van der Waals surface area contributed by atoms with E-state index in [4.69, 9.17) is 4.43 Å². The summed E-state index contributed by atoms with van der Waals surface area (Å²) in [6.45, 7) is 13.6. The van der Waals surface area contributed by atoms with Gasteiger partial charge in [0.05, 0.1) is 6.10 Å². The Labute approximate surface area is 159 Å². The van der Waals surface area contributed by atoms with Crippen molar-refractivity contribution in [1.82, 2.24) is 0 Å². The van der Waals surface area contributed by atoms with Crippen LogP contribution in [-0.2, 0) is 4.43 Å². The first-order chi connectivity index (χ1) is 11.5. The molecular weight excluding hydrogens is 376 g/mol. The summed E-state index contributed by atoms with van der Waals surface area (Å²) in [5.74, 6) is 0. The Morgan fingerprint density at radius 3 is 2.08 bits per heavy atom. The van der Waals surface area contributed by atoms with Gasteiger partial charge in [0.15, 0.2) is 8.32 Å². The van der Waals surface area contributed by atoms with Gasteiger partial charge in [0.25, 0.3) is 0 Å². The SMILES string of the molecule is C=C(CCCCCC)C(O[Si](CC)(CC)CC)c1ccc(Br)cc1. The average molecular weight is 412 g/mol. The number of rotatable bonds is 12. The maximum absolute atomic E-state index is 6.85. The first-order valence-electron chi connectivity index (χ1n) is 9.62. The van der Waals surface area contributed by atoms with Crippen molar-refractivity contribution in [2.75, 3.05) is 0 Å². The summed E-state index contributed by atoms with van der Waals surface area (Å²) in [5.41, 5.74) is 2.51. The second-order valence-electron chi connectivity index (χ2n) is 6.76. The van der Waals surface area contributed by atoms with Gasteiger partial charge in [-0.2, -0.15) is 0 Å². The van der Waals surface area contributed by atoms with Crippen LogP contribution in [0.3, 0.4) is 0 Å². The molecule has 0 N–H and O–H groups in total. The Balaban J connectivity index is 2.94. The van der Waals surface area contributed by atoms with E-state index >= 15 is 0 Å². The second-order valence-corrected chi connectivity index (χ2v) is 12.4. The van der Waals surface area contributed by atoms with Crippen molar-refractivity contribution in [3.05, 3.63) is 46.5 Å². The third-order valence-corrected chi connectivity index (χ3v) is 10.3. The molecule has 0 saturated heterocycles. The lowest BCUT2D eigenvalue weighted by atomic mass is 9.98. The van der Waals surface area contributed by atoms with E-state index in [0.29, 0.717) is 0 Å². The molecule has 0 heterocycles. The Morgan fingerprint density at radius 2 is 1.58 bits per heavy atom. The van der Waals surface area contributed by atoms with Crippen molar-refractivity contribution in [3.63, 3.8) is 0 Å². The molecule has 1 aromatic rings. The zero-order valence-corrected chi connectivity index (χ0v) is 18.6. The van der Waals surface area contributed by atoms with E-state index in [-0.39, 0.29) is 6.10 Å². The van der Waals surface area contributed by atoms with Gasteiger partial charge in [0.1, 0.15) is 0 Å². The largest absolute Gasteiger partial charge is 0.406 e. The van der Waals surface area contributed by atoms with Gasteiger partial charge in [0.2, 0.25) is 0 Å². The highest BCUT2D eigenvalue weighted by Crippen LogP contribution is 2.36. The quantitative estimate of drug-likeness (QED) is 0.192. The predicted octanol–water partition coefficient (Wildman–Crippen LogP) is 8.04. The smallest absolute Gasteiger partial charge is 0.193 e. The van der Waals surface area contributed by atoms with Crippen LogP contribution in [0.4, 0.5) is 0 Å². The molecule has 24 heavy (non-hydrogen) atoms. The Bertz CT molecular complexity index is 471. The molecule has 1 atom stereocenters. The minimum Gasteiger partial charge on any atom is -0.406 e. The molecule has 0 aliphatic heterocycles. The lowest BCUT2D eigenvalue weighted by Gasteiger charge is -2.34. The molecule has 0 aliphatic carbocycles. The van der Waals surface area contributed by atoms with Crippen LogP contribution < -0.4 is 0 Å². The zero-order chi connectivity index (χ0) is 18.0. The van der Waals surface area contributed by atoms with Gasteiger partial charge < -0.3 is 4.43 Å². The normalized spacial score (nSPS) is 13.0. The summed E-state index contributed by atoms with van der Waals surface area (Å²) in [5, 5.41) is 0. The van der Waals surface area contributed by atoms with Gasteiger partial charge in [-0.15, -0.1) is 0 Å². The molecular formula is C21H35BrOSi. The summed E-state index contributed by atoms with van der Waals surface area (Å²) < 4.78 is 7.97. The lowest BCUT2D eigenvalue weighted by molar-refractivity contribution is 0.221. The van der Waals surface area contributed by atoms with Crippen LogP contribution in [0.5, 0.6) is 0 Å². The molecule has 0 amide bonds. The molecule has 0 radical (unpaired) electrons. The van der Waals surface area contributed by atoms with Crippen LogP contribution in [0.15, 0.2) is 40.9 Å². The molecule has 1 unspecified atom stereocenters. The maximum Gasteiger partial charge on any atom is 0.193 e. The molecule has 136 valence electrons. The van der Waals surface area contributed by atoms with Crippen LogP contribution >= 0.6 is 15.9 Å². The minimum absolute atomic E-state index is 0.0613. The standard InChI is InChI=1S/C21H35BrOSi/c1-6-10-11-12-13-18(5)21(19-14-16-20(22)17-15-19)23-24(7-2,8-3)9-4/h14-17,21H,5-13H2,1-4H3. The van der Waals surface area contributed by atoms with Gasteiger partial charge in [-0.1, -0.05) is 81.6 Å². The van der Waals surface area contributed by atoms with E-state index in [1.54, 1.807) is 0 Å². The zero-order valence-electron chi connectivity index (χ0n) is 16.0. The van der Waals surface area contributed by atoms with Gasteiger partial charge >= 0.3 is 0 Å². The highest BCUT2D eigenvalue weighted by atomic mass is 79.9. The van der Waals surface area contributed by atoms with Gasteiger partial charge in [-0.25, -0.2) is 0 Å². The molecule has 0 bridgehead atoms. The highest BCUT2D eigenvalue weighted by Gasteiger charge is 2.33. The fraction of sp³-hybridized carbons (Fsp3) is 0.619. The molecule has 0 fully saturated rings. The third-order valence-electron chi connectivity index (χ3n) is 5.20. The first-order valence-corrected chi connectivity index (χ1v) is 12.9. The summed E-state index contributed by atoms with van der Waals surface area (Å²) in [7, 11) is -1.67. The molecule has 1 rings (SSSR count). The van der Waals surface area contributed by atoms with Gasteiger partial charge in [-0.05, 0) is 54.2 Å². The number of benzene rings is 1. The summed E-state index contributed by atoms with van der Waals surface area (Å²) >= 11 is 3.54. The summed E-state index contributed by atoms with van der Waals surface area (Å²) in [6.07, 6.45) is 6.24. The van der Waals surface area contributed by atoms with Crippen LogP contribution in [0.1, 0.15) is 71.5 Å². The van der Waals surface area contributed by atoms with Crippen molar-refractivity contribution in [2.24, 2.45) is 0 Å². The molecule has 3 heteroatoms. The third kappa shape index (κ3) is 6.49. The monoisotopic (exact) mass is 410 g/mol. The fourth-order valence-corrected chi connectivity index (χ4v) is 6.25. The number of unbranched alkanes of at least 4 members (excludes halogenated alkanes) is 3. The molecule has 1 aromatic carbocycles. The number of halogens is 1. The summed E-state index contributed by atoms with van der Waals surface area (Å²) in [4.78, 5) is 0. The van der Waals surface area contributed by atoms with E-state index in [1.807, 2.05) is 0 Å². The predicted molar refractivity (Wildman–Crippen MR) is 113 cm³/mol. The molecule has 0 saturated carbocycles. The van der Waals surface area contributed by atoms with Gasteiger partial charge in [0, 0.05) is 4.47 Å². The fourth-order valence-electron chi connectivity index (χ4n) is 3.18. The molecule has 0 aromatic heterocycles. The molecule has 0 aliphatic rings. The Kier molecular flexibility index (Phi) is 10.2. The maximum atomic E-state index is 6.85. The summed E-state index contributed by atoms with van der Waals surface area (Å²) in [6, 6.07) is 12.1. The highest BCUT2D eigenvalue weighted by molar-refractivity contribution is 9.10. The van der Waals surface area contributed by atoms with Crippen LogP contribution in [0.2, 0.25) is 18.1 Å². The first kappa shape index (κ1) is 21.7. The van der Waals surface area contributed by atoms with Gasteiger partial charge in [-0.3, -0.25) is 0 Å². The van der Waals surface area contributed by atoms with E-state index < -0.39 is 8.32 Å². The number of hydrogen-bond acceptors (Lipinski definition) is 1. The van der Waals surface area contributed by atoms with Crippen molar-refractivity contribution < 1.29 is 4.43 Å². The lowest BCUT2D eigenvalue weighted by Crippen LogP contribution is -2.37. The second kappa shape index (κ2) is 11.3. The van der Waals surface area contributed by atoms with E-state index in [2.05, 4.69) is 74.5 Å². The Morgan fingerprint density at radius 1 is 1.00 bits per heavy atom. The van der Waals surface area contributed by atoms with E-state index in [9.17, 15) is 0 Å². The average Bonchev–Trinajstić information content (AvgIpc) is 2.61. The van der Waals surface area contributed by atoms with Crippen molar-refractivity contribution in [3.8, 4) is 0 Å². The van der Waals surface area contributed by atoms with E-state index in [1.165, 1.54) is 55.0 Å².